The van der Waals surface area contributed by atoms with E-state index >= 15 is 0 Å². The van der Waals surface area contributed by atoms with Crippen molar-refractivity contribution < 1.29 is 0 Å². The average Bonchev–Trinajstić information content (AvgIpc) is 2.50. The first-order valence-electron chi connectivity index (χ1n) is 6.33. The third kappa shape index (κ3) is 2.86. The highest BCUT2D eigenvalue weighted by molar-refractivity contribution is 6.37. The Balaban J connectivity index is 1.98. The van der Waals surface area contributed by atoms with Crippen LogP contribution >= 0.6 is 23.2 Å². The summed E-state index contributed by atoms with van der Waals surface area (Å²) in [6.07, 6.45) is 1.77. The van der Waals surface area contributed by atoms with Gasteiger partial charge >= 0.3 is 0 Å². The molecule has 0 spiro atoms. The Hall–Kier alpha value is -2.04. The second-order valence-corrected chi connectivity index (χ2v) is 5.25. The van der Waals surface area contributed by atoms with E-state index in [-0.39, 0.29) is 0 Å². The monoisotopic (exact) mass is 318 g/mol. The molecular weight excluding hydrogens is 307 g/mol. The zero-order valence-electron chi connectivity index (χ0n) is 11.2. The van der Waals surface area contributed by atoms with E-state index in [4.69, 9.17) is 23.2 Å². The number of aromatic nitrogens is 2. The predicted octanol–water partition coefficient (Wildman–Crippen LogP) is 4.72. The molecule has 0 aliphatic heterocycles. The van der Waals surface area contributed by atoms with Crippen LogP contribution in [0.1, 0.15) is 0 Å². The third-order valence-corrected chi connectivity index (χ3v) is 3.61. The fraction of sp³-hybridized carbons (Fsp3) is 0.0667. The number of halogens is 2. The molecule has 0 saturated carbocycles. The predicted molar refractivity (Wildman–Crippen MR) is 88.8 cm³/mol. The normalized spacial score (nSPS) is 10.6. The number of fused-ring (bicyclic) bond motifs is 1. The minimum atomic E-state index is 0.463. The lowest BCUT2D eigenvalue weighted by atomic mass is 10.2. The molecule has 0 atom stereocenters. The van der Waals surface area contributed by atoms with Crippen molar-refractivity contribution in [3.63, 3.8) is 0 Å². The van der Waals surface area contributed by atoms with Crippen molar-refractivity contribution in [2.24, 2.45) is 0 Å². The summed E-state index contributed by atoms with van der Waals surface area (Å²) in [6, 6.07) is 11.4. The van der Waals surface area contributed by atoms with Gasteiger partial charge in [-0.2, -0.15) is 0 Å². The topological polar surface area (TPSA) is 49.8 Å². The molecule has 1 aromatic carbocycles. The molecule has 0 saturated heterocycles. The molecule has 21 heavy (non-hydrogen) atoms. The molecule has 0 aliphatic rings. The minimum Gasteiger partial charge on any atom is -0.372 e. The van der Waals surface area contributed by atoms with Gasteiger partial charge in [0.2, 0.25) is 0 Å². The van der Waals surface area contributed by atoms with Crippen molar-refractivity contribution in [1.82, 2.24) is 9.97 Å². The van der Waals surface area contributed by atoms with Crippen LogP contribution in [0.25, 0.3) is 10.9 Å². The molecule has 0 fully saturated rings. The largest absolute Gasteiger partial charge is 0.372 e. The molecule has 0 unspecified atom stereocenters. The minimum absolute atomic E-state index is 0.463. The Morgan fingerprint density at radius 3 is 2.62 bits per heavy atom. The summed E-state index contributed by atoms with van der Waals surface area (Å²) >= 11 is 12.2. The Labute approximate surface area is 132 Å². The van der Waals surface area contributed by atoms with Crippen LogP contribution in [0.5, 0.6) is 0 Å². The van der Waals surface area contributed by atoms with Crippen molar-refractivity contribution in [3.05, 3.63) is 52.6 Å². The molecule has 2 aromatic heterocycles. The second-order valence-electron chi connectivity index (χ2n) is 4.44. The van der Waals surface area contributed by atoms with Gasteiger partial charge in [0.1, 0.15) is 5.82 Å². The Morgan fingerprint density at radius 2 is 1.81 bits per heavy atom. The van der Waals surface area contributed by atoms with Crippen molar-refractivity contribution in [2.45, 2.75) is 0 Å². The number of hydrogen-bond acceptors (Lipinski definition) is 4. The molecule has 0 radical (unpaired) electrons. The SMILES string of the molecule is CNc1nc(Nc2ccc3ncccc3c2)c(Cl)cc1Cl. The van der Waals surface area contributed by atoms with E-state index in [1.54, 1.807) is 19.3 Å². The Kier molecular flexibility index (Phi) is 3.82. The van der Waals surface area contributed by atoms with Gasteiger partial charge in [-0.1, -0.05) is 29.3 Å². The maximum absolute atomic E-state index is 6.18. The molecule has 2 heterocycles. The molecule has 0 amide bonds. The summed E-state index contributed by atoms with van der Waals surface area (Å²) in [7, 11) is 1.76. The highest BCUT2D eigenvalue weighted by Crippen LogP contribution is 2.31. The Bertz CT molecular complexity index is 805. The highest BCUT2D eigenvalue weighted by atomic mass is 35.5. The first-order chi connectivity index (χ1) is 10.2. The van der Waals surface area contributed by atoms with Crippen molar-refractivity contribution in [2.75, 3.05) is 17.7 Å². The number of anilines is 3. The second kappa shape index (κ2) is 5.76. The van der Waals surface area contributed by atoms with Gasteiger partial charge in [-0.05, 0) is 30.3 Å². The first kappa shape index (κ1) is 13.9. The van der Waals surface area contributed by atoms with E-state index in [1.165, 1.54) is 0 Å². The van der Waals surface area contributed by atoms with Gasteiger partial charge in [0, 0.05) is 24.3 Å². The summed E-state index contributed by atoms with van der Waals surface area (Å²) in [4.78, 5) is 8.65. The standard InChI is InChI=1S/C15H12Cl2N4/c1-18-14-11(16)8-12(17)15(21-14)20-10-4-5-13-9(7-10)3-2-6-19-13/h2-8H,1H3,(H2,18,20,21). The molecule has 4 nitrogen and oxygen atoms in total. The van der Waals surface area contributed by atoms with Gasteiger partial charge in [-0.15, -0.1) is 0 Å². The van der Waals surface area contributed by atoms with Crippen LogP contribution in [-0.2, 0) is 0 Å². The maximum atomic E-state index is 6.18. The molecular formula is C15H12Cl2N4. The van der Waals surface area contributed by atoms with Gasteiger partial charge in [0.15, 0.2) is 5.82 Å². The van der Waals surface area contributed by atoms with E-state index in [1.807, 2.05) is 30.3 Å². The van der Waals surface area contributed by atoms with Crippen molar-refractivity contribution >= 4 is 51.4 Å². The quantitative estimate of drug-likeness (QED) is 0.733. The molecule has 3 aromatic rings. The third-order valence-electron chi connectivity index (χ3n) is 3.03. The number of nitrogens with zero attached hydrogens (tertiary/aromatic N) is 2. The highest BCUT2D eigenvalue weighted by Gasteiger charge is 2.09. The van der Waals surface area contributed by atoms with Crippen molar-refractivity contribution in [1.29, 1.82) is 0 Å². The van der Waals surface area contributed by atoms with Crippen LogP contribution in [-0.4, -0.2) is 17.0 Å². The fourth-order valence-electron chi connectivity index (χ4n) is 2.02. The average molecular weight is 319 g/mol. The van der Waals surface area contributed by atoms with E-state index in [9.17, 15) is 0 Å². The van der Waals surface area contributed by atoms with Crippen LogP contribution in [0, 0.1) is 0 Å². The molecule has 0 aliphatic carbocycles. The lowest BCUT2D eigenvalue weighted by Crippen LogP contribution is -1.99. The van der Waals surface area contributed by atoms with Gasteiger partial charge in [-0.25, -0.2) is 4.98 Å². The van der Waals surface area contributed by atoms with Crippen LogP contribution in [0.3, 0.4) is 0 Å². The van der Waals surface area contributed by atoms with Gasteiger partial charge in [0.05, 0.1) is 15.6 Å². The lowest BCUT2D eigenvalue weighted by Gasteiger charge is -2.11. The van der Waals surface area contributed by atoms with Gasteiger partial charge in [-0.3, -0.25) is 4.98 Å². The lowest BCUT2D eigenvalue weighted by molar-refractivity contribution is 1.28. The number of pyridine rings is 2. The van der Waals surface area contributed by atoms with E-state index < -0.39 is 0 Å². The molecule has 0 bridgehead atoms. The molecule has 6 heteroatoms. The van der Waals surface area contributed by atoms with E-state index in [0.29, 0.717) is 21.7 Å². The van der Waals surface area contributed by atoms with Gasteiger partial charge in [0.25, 0.3) is 0 Å². The zero-order valence-corrected chi connectivity index (χ0v) is 12.7. The van der Waals surface area contributed by atoms with Crippen LogP contribution in [0.2, 0.25) is 10.0 Å². The van der Waals surface area contributed by atoms with E-state index in [0.717, 1.165) is 16.6 Å². The number of nitrogens with one attached hydrogen (secondary N) is 2. The van der Waals surface area contributed by atoms with Crippen LogP contribution in [0.4, 0.5) is 17.3 Å². The fourth-order valence-corrected chi connectivity index (χ4v) is 2.52. The molecule has 3 rings (SSSR count). The van der Waals surface area contributed by atoms with Gasteiger partial charge < -0.3 is 10.6 Å². The van der Waals surface area contributed by atoms with Crippen LogP contribution in [0.15, 0.2) is 42.6 Å². The smallest absolute Gasteiger partial charge is 0.151 e. The number of hydrogen-bond donors (Lipinski definition) is 2. The molecule has 2 N–H and O–H groups in total. The summed E-state index contributed by atoms with van der Waals surface area (Å²) in [6.45, 7) is 0. The number of benzene rings is 1. The number of rotatable bonds is 3. The van der Waals surface area contributed by atoms with E-state index in [2.05, 4.69) is 20.6 Å². The maximum Gasteiger partial charge on any atom is 0.151 e. The van der Waals surface area contributed by atoms with Crippen LogP contribution < -0.4 is 10.6 Å². The van der Waals surface area contributed by atoms with Crippen molar-refractivity contribution in [3.8, 4) is 0 Å². The summed E-state index contributed by atoms with van der Waals surface area (Å²) in [5, 5.41) is 8.11. The first-order valence-corrected chi connectivity index (χ1v) is 7.08. The molecule has 106 valence electrons. The Morgan fingerprint density at radius 1 is 1.00 bits per heavy atom. The zero-order chi connectivity index (χ0) is 14.8. The summed E-state index contributed by atoms with van der Waals surface area (Å²) in [5.74, 6) is 1.12. The summed E-state index contributed by atoms with van der Waals surface area (Å²) in [5.41, 5.74) is 1.82. The summed E-state index contributed by atoms with van der Waals surface area (Å²) < 4.78 is 0.